The average Bonchev–Trinajstić information content (AvgIpc) is 2.94. The Morgan fingerprint density at radius 2 is 2.00 bits per heavy atom. The van der Waals surface area contributed by atoms with Crippen molar-refractivity contribution in [3.8, 4) is 11.1 Å². The van der Waals surface area contributed by atoms with Crippen LogP contribution in [0, 0.1) is 0 Å². The number of aromatic nitrogens is 2. The van der Waals surface area contributed by atoms with Gasteiger partial charge in [-0.3, -0.25) is 5.10 Å². The zero-order valence-electron chi connectivity index (χ0n) is 9.60. The highest BCUT2D eigenvalue weighted by molar-refractivity contribution is 5.77. The van der Waals surface area contributed by atoms with E-state index in [1.807, 2.05) is 12.4 Å². The molecule has 4 nitrogen and oxygen atoms in total. The van der Waals surface area contributed by atoms with E-state index in [0.717, 1.165) is 31.9 Å². The van der Waals surface area contributed by atoms with Gasteiger partial charge >= 0.3 is 0 Å². The van der Waals surface area contributed by atoms with Gasteiger partial charge in [0, 0.05) is 36.1 Å². The number of rotatable bonds is 2. The molecule has 0 spiro atoms. The fraction of sp³-hybridized carbons (Fsp3) is 0.308. The summed E-state index contributed by atoms with van der Waals surface area (Å²) in [6, 6.07) is 8.43. The van der Waals surface area contributed by atoms with E-state index < -0.39 is 0 Å². The molecule has 0 radical (unpaired) electrons. The van der Waals surface area contributed by atoms with Crippen LogP contribution in [0.1, 0.15) is 0 Å². The molecule has 2 aromatic rings. The molecule has 0 amide bonds. The normalized spacial score (nSPS) is 16.1. The molecule has 0 saturated carbocycles. The zero-order valence-corrected chi connectivity index (χ0v) is 9.60. The summed E-state index contributed by atoms with van der Waals surface area (Å²) in [5, 5.41) is 6.88. The number of ether oxygens (including phenoxy) is 1. The number of para-hydroxylation sites is 1. The fourth-order valence-corrected chi connectivity index (χ4v) is 2.20. The van der Waals surface area contributed by atoms with Crippen LogP contribution in [0.2, 0.25) is 0 Å². The third-order valence-corrected chi connectivity index (χ3v) is 3.07. The molecule has 1 fully saturated rings. The maximum absolute atomic E-state index is 5.39. The number of hydrogen-bond acceptors (Lipinski definition) is 3. The third kappa shape index (κ3) is 2.03. The van der Waals surface area contributed by atoms with Crippen molar-refractivity contribution in [1.82, 2.24) is 10.2 Å². The Hall–Kier alpha value is -1.81. The Balaban J connectivity index is 1.98. The van der Waals surface area contributed by atoms with Crippen LogP contribution in [0.15, 0.2) is 36.7 Å². The molecule has 1 aliphatic heterocycles. The lowest BCUT2D eigenvalue weighted by molar-refractivity contribution is 0.123. The van der Waals surface area contributed by atoms with Crippen LogP contribution in [0.4, 0.5) is 5.69 Å². The third-order valence-electron chi connectivity index (χ3n) is 3.07. The highest BCUT2D eigenvalue weighted by Crippen LogP contribution is 2.30. The van der Waals surface area contributed by atoms with Gasteiger partial charge in [0.15, 0.2) is 0 Å². The Morgan fingerprint density at radius 1 is 1.18 bits per heavy atom. The van der Waals surface area contributed by atoms with E-state index in [9.17, 15) is 0 Å². The number of benzene rings is 1. The van der Waals surface area contributed by atoms with Crippen LogP contribution in [0.5, 0.6) is 0 Å². The van der Waals surface area contributed by atoms with Crippen LogP contribution in [-0.2, 0) is 4.74 Å². The van der Waals surface area contributed by atoms with Crippen molar-refractivity contribution in [1.29, 1.82) is 0 Å². The summed E-state index contributed by atoms with van der Waals surface area (Å²) >= 11 is 0. The van der Waals surface area contributed by atoms with Gasteiger partial charge < -0.3 is 9.64 Å². The highest BCUT2D eigenvalue weighted by Gasteiger charge is 2.15. The summed E-state index contributed by atoms with van der Waals surface area (Å²) in [4.78, 5) is 2.37. The monoisotopic (exact) mass is 229 g/mol. The van der Waals surface area contributed by atoms with Crippen molar-refractivity contribution in [3.05, 3.63) is 36.7 Å². The molecule has 1 saturated heterocycles. The average molecular weight is 229 g/mol. The smallest absolute Gasteiger partial charge is 0.0642 e. The number of nitrogens with one attached hydrogen (secondary N) is 1. The van der Waals surface area contributed by atoms with Crippen LogP contribution >= 0.6 is 0 Å². The summed E-state index contributed by atoms with van der Waals surface area (Å²) in [6.07, 6.45) is 3.79. The molecule has 0 unspecified atom stereocenters. The molecule has 4 heteroatoms. The first-order valence-corrected chi connectivity index (χ1v) is 5.86. The van der Waals surface area contributed by atoms with E-state index in [4.69, 9.17) is 4.74 Å². The quantitative estimate of drug-likeness (QED) is 0.855. The van der Waals surface area contributed by atoms with E-state index in [0.29, 0.717) is 0 Å². The predicted octanol–water partition coefficient (Wildman–Crippen LogP) is 1.91. The second kappa shape index (κ2) is 4.59. The van der Waals surface area contributed by atoms with Gasteiger partial charge in [-0.2, -0.15) is 5.10 Å². The topological polar surface area (TPSA) is 41.1 Å². The molecule has 0 aliphatic carbocycles. The minimum absolute atomic E-state index is 0.805. The lowest BCUT2D eigenvalue weighted by Gasteiger charge is -2.30. The summed E-state index contributed by atoms with van der Waals surface area (Å²) in [7, 11) is 0. The minimum atomic E-state index is 0.805. The van der Waals surface area contributed by atoms with Gasteiger partial charge in [0.25, 0.3) is 0 Å². The number of H-pyrrole nitrogens is 1. The molecule has 17 heavy (non-hydrogen) atoms. The molecule has 1 aromatic heterocycles. The molecule has 3 rings (SSSR count). The maximum atomic E-state index is 5.39. The lowest BCUT2D eigenvalue weighted by Crippen LogP contribution is -2.36. The van der Waals surface area contributed by atoms with Gasteiger partial charge in [0.1, 0.15) is 0 Å². The van der Waals surface area contributed by atoms with Crippen LogP contribution in [0.3, 0.4) is 0 Å². The van der Waals surface area contributed by atoms with Crippen molar-refractivity contribution in [2.45, 2.75) is 0 Å². The molecule has 1 aromatic carbocycles. The summed E-state index contributed by atoms with van der Waals surface area (Å²) in [5.74, 6) is 0. The Labute approximate surface area is 100 Å². The first kappa shape index (κ1) is 10.4. The van der Waals surface area contributed by atoms with Crippen molar-refractivity contribution in [3.63, 3.8) is 0 Å². The standard InChI is InChI=1S/C13H15N3O/c1-2-4-13(16-5-7-17-8-6-16)12(3-1)11-9-14-15-10-11/h1-4,9-10H,5-8H2,(H,14,15). The van der Waals surface area contributed by atoms with Crippen molar-refractivity contribution in [2.24, 2.45) is 0 Å². The minimum Gasteiger partial charge on any atom is -0.378 e. The Morgan fingerprint density at radius 3 is 2.76 bits per heavy atom. The Bertz CT molecular complexity index is 475. The van der Waals surface area contributed by atoms with Gasteiger partial charge in [-0.15, -0.1) is 0 Å². The van der Waals surface area contributed by atoms with E-state index >= 15 is 0 Å². The van der Waals surface area contributed by atoms with Crippen molar-refractivity contribution >= 4 is 5.69 Å². The molecular formula is C13H15N3O. The van der Waals surface area contributed by atoms with E-state index in [2.05, 4.69) is 39.4 Å². The molecule has 1 N–H and O–H groups in total. The van der Waals surface area contributed by atoms with Gasteiger partial charge in [-0.1, -0.05) is 18.2 Å². The zero-order chi connectivity index (χ0) is 11.5. The molecule has 0 atom stereocenters. The highest BCUT2D eigenvalue weighted by atomic mass is 16.5. The molecule has 1 aliphatic rings. The SMILES string of the molecule is c1ccc(N2CCOCC2)c(-c2cn[nH]c2)c1. The van der Waals surface area contributed by atoms with Crippen LogP contribution < -0.4 is 4.90 Å². The van der Waals surface area contributed by atoms with E-state index in [1.165, 1.54) is 11.3 Å². The summed E-state index contributed by atoms with van der Waals surface area (Å²) in [5.41, 5.74) is 3.62. The van der Waals surface area contributed by atoms with Gasteiger partial charge in [-0.25, -0.2) is 0 Å². The number of hydrogen-bond donors (Lipinski definition) is 1. The molecule has 88 valence electrons. The van der Waals surface area contributed by atoms with Gasteiger partial charge in [0.2, 0.25) is 0 Å². The summed E-state index contributed by atoms with van der Waals surface area (Å²) < 4.78 is 5.39. The van der Waals surface area contributed by atoms with E-state index in [-0.39, 0.29) is 0 Å². The maximum Gasteiger partial charge on any atom is 0.0642 e. The lowest BCUT2D eigenvalue weighted by atomic mass is 10.1. The Kier molecular flexibility index (Phi) is 2.80. The van der Waals surface area contributed by atoms with Gasteiger partial charge in [-0.05, 0) is 6.07 Å². The largest absolute Gasteiger partial charge is 0.378 e. The molecule has 2 heterocycles. The molecule has 0 bridgehead atoms. The second-order valence-corrected chi connectivity index (χ2v) is 4.10. The number of anilines is 1. The number of morpholine rings is 1. The second-order valence-electron chi connectivity index (χ2n) is 4.10. The first-order valence-electron chi connectivity index (χ1n) is 5.86. The number of nitrogens with zero attached hydrogens (tertiary/aromatic N) is 2. The van der Waals surface area contributed by atoms with Gasteiger partial charge in [0.05, 0.1) is 19.4 Å². The van der Waals surface area contributed by atoms with Crippen LogP contribution in [0.25, 0.3) is 11.1 Å². The summed E-state index contributed by atoms with van der Waals surface area (Å²) in [6.45, 7) is 3.52. The fourth-order valence-electron chi connectivity index (χ4n) is 2.20. The van der Waals surface area contributed by atoms with Crippen molar-refractivity contribution in [2.75, 3.05) is 31.2 Å². The molecular weight excluding hydrogens is 214 g/mol. The van der Waals surface area contributed by atoms with Crippen molar-refractivity contribution < 1.29 is 4.74 Å². The first-order chi connectivity index (χ1) is 8.45. The predicted molar refractivity (Wildman–Crippen MR) is 67.1 cm³/mol. The van der Waals surface area contributed by atoms with E-state index in [1.54, 1.807) is 0 Å². The van der Waals surface area contributed by atoms with Crippen LogP contribution in [-0.4, -0.2) is 36.5 Å². The number of aromatic amines is 1.